The minimum absolute atomic E-state index is 0.455. The average Bonchev–Trinajstić information content (AvgIpc) is 2.42. The molecule has 0 saturated carbocycles. The summed E-state index contributed by atoms with van der Waals surface area (Å²) < 4.78 is 5.31. The summed E-state index contributed by atoms with van der Waals surface area (Å²) in [6.45, 7) is -0.455. The van der Waals surface area contributed by atoms with Crippen LogP contribution in [0, 0.1) is 0 Å². The zero-order valence-electron chi connectivity index (χ0n) is 9.98. The first-order valence-electron chi connectivity index (χ1n) is 5.85. The Balaban J connectivity index is 2.08. The van der Waals surface area contributed by atoms with E-state index in [1.807, 2.05) is 0 Å². The van der Waals surface area contributed by atoms with Crippen molar-refractivity contribution in [2.75, 3.05) is 11.9 Å². The second-order valence-electron chi connectivity index (χ2n) is 4.40. The predicted octanol–water partition coefficient (Wildman–Crippen LogP) is -0.448. The molecule has 1 aliphatic heterocycles. The van der Waals surface area contributed by atoms with Crippen molar-refractivity contribution in [3.8, 4) is 0 Å². The van der Waals surface area contributed by atoms with Crippen LogP contribution in [0.1, 0.15) is 0 Å². The van der Waals surface area contributed by atoms with E-state index in [1.165, 1.54) is 0 Å². The number of rotatable bonds is 3. The fourth-order valence-electron chi connectivity index (χ4n) is 1.93. The van der Waals surface area contributed by atoms with Crippen LogP contribution in [-0.2, 0) is 4.74 Å². The maximum atomic E-state index is 9.83. The number of hydrogen-bond acceptors (Lipinski definition) is 6. The Morgan fingerprint density at radius 1 is 1.05 bits per heavy atom. The quantitative estimate of drug-likeness (QED) is 0.517. The number of anilines is 1. The lowest BCUT2D eigenvalue weighted by molar-refractivity contribution is -0.221. The van der Waals surface area contributed by atoms with Gasteiger partial charge in [0.05, 0.1) is 6.61 Å². The first-order chi connectivity index (χ1) is 9.02. The van der Waals surface area contributed by atoms with E-state index in [9.17, 15) is 15.3 Å². The van der Waals surface area contributed by atoms with Crippen molar-refractivity contribution in [2.24, 2.45) is 0 Å². The van der Waals surface area contributed by atoms with Crippen molar-refractivity contribution in [1.82, 2.24) is 0 Å². The Bertz CT molecular complexity index is 413. The molecule has 0 amide bonds. The predicted molar refractivity (Wildman–Crippen MR) is 68.8 cm³/mol. The summed E-state index contributed by atoms with van der Waals surface area (Å²) in [4.78, 5) is 0. The summed E-state index contributed by atoms with van der Waals surface area (Å²) in [6.07, 6.45) is -5.92. The second-order valence-corrected chi connectivity index (χ2v) is 4.84. The molecule has 6 nitrogen and oxygen atoms in total. The smallest absolute Gasteiger partial charge is 0.157 e. The van der Waals surface area contributed by atoms with Crippen LogP contribution < -0.4 is 5.32 Å². The van der Waals surface area contributed by atoms with Crippen molar-refractivity contribution in [3.05, 3.63) is 29.3 Å². The molecule has 1 saturated heterocycles. The molecule has 2 rings (SSSR count). The molecule has 106 valence electrons. The highest BCUT2D eigenvalue weighted by Gasteiger charge is 2.43. The molecule has 0 spiro atoms. The van der Waals surface area contributed by atoms with Crippen LogP contribution in [0.5, 0.6) is 0 Å². The van der Waals surface area contributed by atoms with Crippen LogP contribution in [-0.4, -0.2) is 57.7 Å². The third-order valence-corrected chi connectivity index (χ3v) is 3.30. The van der Waals surface area contributed by atoms with Crippen LogP contribution in [0.15, 0.2) is 24.3 Å². The molecule has 1 aromatic carbocycles. The van der Waals surface area contributed by atoms with Gasteiger partial charge in [0.2, 0.25) is 0 Å². The van der Waals surface area contributed by atoms with Crippen LogP contribution in [0.25, 0.3) is 0 Å². The molecule has 0 aliphatic carbocycles. The van der Waals surface area contributed by atoms with Gasteiger partial charge in [-0.2, -0.15) is 0 Å². The molecule has 19 heavy (non-hydrogen) atoms. The molecule has 0 radical (unpaired) electrons. The fourth-order valence-corrected chi connectivity index (χ4v) is 2.06. The van der Waals surface area contributed by atoms with Gasteiger partial charge in [-0.15, -0.1) is 0 Å². The second kappa shape index (κ2) is 6.04. The number of aliphatic hydroxyl groups excluding tert-OH is 4. The van der Waals surface area contributed by atoms with E-state index in [4.69, 9.17) is 21.4 Å². The summed E-state index contributed by atoms with van der Waals surface area (Å²) in [5.74, 6) is 0. The van der Waals surface area contributed by atoms with Crippen molar-refractivity contribution in [3.63, 3.8) is 0 Å². The van der Waals surface area contributed by atoms with E-state index in [1.54, 1.807) is 24.3 Å². The minimum atomic E-state index is -1.39. The highest BCUT2D eigenvalue weighted by atomic mass is 35.5. The van der Waals surface area contributed by atoms with E-state index < -0.39 is 37.3 Å². The lowest BCUT2D eigenvalue weighted by atomic mass is 9.98. The topological polar surface area (TPSA) is 102 Å². The Labute approximate surface area is 115 Å². The molecule has 5 N–H and O–H groups in total. The van der Waals surface area contributed by atoms with Crippen LogP contribution in [0.3, 0.4) is 0 Å². The molecule has 0 aromatic heterocycles. The van der Waals surface area contributed by atoms with Crippen molar-refractivity contribution < 1.29 is 25.2 Å². The van der Waals surface area contributed by atoms with Crippen LogP contribution in [0.2, 0.25) is 5.02 Å². The standard InChI is InChI=1S/C12H16ClNO5/c13-6-1-3-7(4-2-6)14-12-11(18)10(17)9(16)8(5-15)19-12/h1-4,8-12,14-18H,5H2/t8-,9+,10+,11-,12-/m1/s1. The third kappa shape index (κ3) is 3.17. The third-order valence-electron chi connectivity index (χ3n) is 3.05. The highest BCUT2D eigenvalue weighted by molar-refractivity contribution is 6.30. The molecule has 1 heterocycles. The zero-order chi connectivity index (χ0) is 14.0. The van der Waals surface area contributed by atoms with Gasteiger partial charge in [0.25, 0.3) is 0 Å². The molecule has 0 unspecified atom stereocenters. The van der Waals surface area contributed by atoms with E-state index in [2.05, 4.69) is 5.32 Å². The van der Waals surface area contributed by atoms with Gasteiger partial charge in [-0.05, 0) is 24.3 Å². The van der Waals surface area contributed by atoms with Crippen LogP contribution >= 0.6 is 11.6 Å². The summed E-state index contributed by atoms with van der Waals surface area (Å²) in [7, 11) is 0. The van der Waals surface area contributed by atoms with Crippen molar-refractivity contribution in [2.45, 2.75) is 30.6 Å². The van der Waals surface area contributed by atoms with E-state index in [-0.39, 0.29) is 0 Å². The summed E-state index contributed by atoms with van der Waals surface area (Å²) in [6, 6.07) is 6.69. The first kappa shape index (κ1) is 14.5. The number of halogens is 1. The number of benzene rings is 1. The number of hydrogen-bond donors (Lipinski definition) is 5. The van der Waals surface area contributed by atoms with Gasteiger partial charge < -0.3 is 30.5 Å². The maximum Gasteiger partial charge on any atom is 0.157 e. The van der Waals surface area contributed by atoms with Gasteiger partial charge in [0, 0.05) is 10.7 Å². The summed E-state index contributed by atoms with van der Waals surface area (Å²) >= 11 is 5.76. The van der Waals surface area contributed by atoms with Gasteiger partial charge in [-0.25, -0.2) is 0 Å². The van der Waals surface area contributed by atoms with Gasteiger partial charge in [0.15, 0.2) is 6.23 Å². The number of nitrogens with one attached hydrogen (secondary N) is 1. The van der Waals surface area contributed by atoms with E-state index in [0.29, 0.717) is 10.7 Å². The first-order valence-corrected chi connectivity index (χ1v) is 6.23. The van der Waals surface area contributed by atoms with E-state index >= 15 is 0 Å². The zero-order valence-corrected chi connectivity index (χ0v) is 10.7. The maximum absolute atomic E-state index is 9.83. The average molecular weight is 290 g/mol. The highest BCUT2D eigenvalue weighted by Crippen LogP contribution is 2.23. The molecule has 1 aromatic rings. The van der Waals surface area contributed by atoms with Gasteiger partial charge in [-0.1, -0.05) is 11.6 Å². The molecule has 7 heteroatoms. The largest absolute Gasteiger partial charge is 0.394 e. The van der Waals surface area contributed by atoms with Gasteiger partial charge >= 0.3 is 0 Å². The van der Waals surface area contributed by atoms with Crippen LogP contribution in [0.4, 0.5) is 5.69 Å². The van der Waals surface area contributed by atoms with Crippen molar-refractivity contribution >= 4 is 17.3 Å². The fraction of sp³-hybridized carbons (Fsp3) is 0.500. The van der Waals surface area contributed by atoms with E-state index in [0.717, 1.165) is 0 Å². The monoisotopic (exact) mass is 289 g/mol. The van der Waals surface area contributed by atoms with Gasteiger partial charge in [0.1, 0.15) is 24.4 Å². The lowest BCUT2D eigenvalue weighted by Gasteiger charge is -2.40. The Morgan fingerprint density at radius 3 is 2.26 bits per heavy atom. The Morgan fingerprint density at radius 2 is 1.68 bits per heavy atom. The number of aliphatic hydroxyl groups is 4. The Hall–Kier alpha value is -0.890. The number of ether oxygens (including phenoxy) is 1. The molecule has 1 aliphatic rings. The molecule has 5 atom stereocenters. The Kier molecular flexibility index (Phi) is 4.62. The molecule has 0 bridgehead atoms. The molecular formula is C12H16ClNO5. The molecular weight excluding hydrogens is 274 g/mol. The van der Waals surface area contributed by atoms with Gasteiger partial charge in [-0.3, -0.25) is 0 Å². The molecule has 1 fully saturated rings. The minimum Gasteiger partial charge on any atom is -0.394 e. The summed E-state index contributed by atoms with van der Waals surface area (Å²) in [5.41, 5.74) is 0.633. The van der Waals surface area contributed by atoms with Crippen molar-refractivity contribution in [1.29, 1.82) is 0 Å². The summed E-state index contributed by atoms with van der Waals surface area (Å²) in [5, 5.41) is 41.6. The normalized spacial score (nSPS) is 35.1. The lowest BCUT2D eigenvalue weighted by Crippen LogP contribution is -2.60. The SMILES string of the molecule is OC[C@H]1O[C@@H](Nc2ccc(Cl)cc2)[C@H](O)[C@@H](O)[C@H]1O.